The molecule has 15 nitrogen and oxygen atoms in total. The zero-order chi connectivity index (χ0) is 52.1. The van der Waals surface area contributed by atoms with Crippen molar-refractivity contribution in [3.63, 3.8) is 0 Å². The van der Waals surface area contributed by atoms with E-state index in [1.807, 2.05) is 86.6 Å². The number of ether oxygens (including phenoxy) is 2. The van der Waals surface area contributed by atoms with Gasteiger partial charge in [-0.25, -0.2) is 9.97 Å². The Morgan fingerprint density at radius 1 is 0.958 bits per heavy atom. The first-order valence-corrected chi connectivity index (χ1v) is 24.7. The number of β-amino-alcohol motifs (C(OH)–C–C–N with tert-alkyl or cyclic N) is 1. The van der Waals surface area contributed by atoms with Crippen molar-refractivity contribution in [2.24, 2.45) is 16.2 Å². The number of carbonyl (C=O) groups is 4. The van der Waals surface area contributed by atoms with Crippen LogP contribution in [0.1, 0.15) is 120 Å². The number of likely N-dealkylation sites (tertiary alicyclic amines) is 1. The highest BCUT2D eigenvalue weighted by Crippen LogP contribution is 2.55. The summed E-state index contributed by atoms with van der Waals surface area (Å²) in [7, 11) is 0. The summed E-state index contributed by atoms with van der Waals surface area (Å²) in [6, 6.07) is 16.1. The van der Waals surface area contributed by atoms with Gasteiger partial charge in [0, 0.05) is 60.3 Å². The van der Waals surface area contributed by atoms with Crippen molar-refractivity contribution < 1.29 is 46.9 Å². The molecule has 71 heavy (non-hydrogen) atoms. The van der Waals surface area contributed by atoms with E-state index in [1.165, 1.54) is 17.0 Å². The number of amides is 4. The minimum atomic E-state index is -4.82. The van der Waals surface area contributed by atoms with Gasteiger partial charge in [0.25, 0.3) is 5.91 Å². The van der Waals surface area contributed by atoms with Gasteiger partial charge in [-0.15, -0.1) is 11.3 Å². The number of alkyl halides is 3. The molecule has 19 heteroatoms. The summed E-state index contributed by atoms with van der Waals surface area (Å²) in [5.74, 6) is -1.87. The molecule has 3 heterocycles. The van der Waals surface area contributed by atoms with Crippen molar-refractivity contribution >= 4 is 40.7 Å². The molecule has 4 amide bonds. The molecule has 1 saturated heterocycles. The van der Waals surface area contributed by atoms with Crippen LogP contribution in [0, 0.1) is 34.5 Å². The van der Waals surface area contributed by atoms with E-state index in [2.05, 4.69) is 31.2 Å². The molecule has 4 atom stereocenters. The van der Waals surface area contributed by atoms with Crippen LogP contribution in [0.4, 0.5) is 18.9 Å². The van der Waals surface area contributed by atoms with E-state index in [0.29, 0.717) is 25.1 Å². The van der Waals surface area contributed by atoms with Gasteiger partial charge in [0.2, 0.25) is 23.6 Å². The molecule has 2 fully saturated rings. The third-order valence-electron chi connectivity index (χ3n) is 13.3. The number of aliphatic hydroxyl groups is 1. The Morgan fingerprint density at radius 3 is 2.24 bits per heavy atom. The van der Waals surface area contributed by atoms with Gasteiger partial charge in [-0.2, -0.15) is 18.4 Å². The molecule has 1 aliphatic heterocycles. The van der Waals surface area contributed by atoms with E-state index in [-0.39, 0.29) is 49.4 Å². The number of hydrogen-bond donors (Lipinski definition) is 5. The van der Waals surface area contributed by atoms with Gasteiger partial charge in [0.1, 0.15) is 30.9 Å². The molecule has 0 radical (unpaired) electrons. The first-order valence-electron chi connectivity index (χ1n) is 23.8. The maximum Gasteiger partial charge on any atom is 0.434 e. The zero-order valence-corrected chi connectivity index (χ0v) is 42.5. The van der Waals surface area contributed by atoms with Crippen LogP contribution in [0.15, 0.2) is 66.2 Å². The van der Waals surface area contributed by atoms with E-state index >= 15 is 0 Å². The maximum atomic E-state index is 14.1. The van der Waals surface area contributed by atoms with E-state index in [1.54, 1.807) is 41.1 Å². The third-order valence-corrected chi connectivity index (χ3v) is 14.3. The lowest BCUT2D eigenvalue weighted by Crippen LogP contribution is -2.74. The number of aryl methyl sites for hydroxylation is 1. The van der Waals surface area contributed by atoms with Gasteiger partial charge in [-0.1, -0.05) is 72.7 Å². The van der Waals surface area contributed by atoms with Gasteiger partial charge in [-0.05, 0) is 80.0 Å². The molecule has 6 rings (SSSR count). The highest BCUT2D eigenvalue weighted by atomic mass is 32.1. The summed E-state index contributed by atoms with van der Waals surface area (Å²) >= 11 is 1.56. The molecule has 2 aromatic heterocycles. The van der Waals surface area contributed by atoms with Crippen LogP contribution in [0.5, 0.6) is 5.88 Å². The van der Waals surface area contributed by atoms with E-state index < -0.39 is 69.8 Å². The van der Waals surface area contributed by atoms with Crippen LogP contribution in [0.25, 0.3) is 10.4 Å². The monoisotopic (exact) mass is 1000 g/mol. The van der Waals surface area contributed by atoms with Crippen molar-refractivity contribution in [3.8, 4) is 22.4 Å². The number of anilines is 1. The molecule has 0 spiro atoms. The molecular formula is C52H65F3N8O7S. The van der Waals surface area contributed by atoms with E-state index in [0.717, 1.165) is 46.3 Å². The number of aliphatic hydroxyl groups excluding tert-OH is 1. The van der Waals surface area contributed by atoms with Crippen LogP contribution in [0.3, 0.4) is 0 Å². The largest absolute Gasteiger partial charge is 0.473 e. The number of pyridine rings is 1. The molecule has 2 aliphatic rings. The number of aromatic nitrogens is 2. The predicted molar refractivity (Wildman–Crippen MR) is 263 cm³/mol. The fourth-order valence-corrected chi connectivity index (χ4v) is 10.6. The quantitative estimate of drug-likeness (QED) is 0.0569. The van der Waals surface area contributed by atoms with Crippen LogP contribution in [-0.2, 0) is 25.3 Å². The second-order valence-electron chi connectivity index (χ2n) is 20.7. The lowest BCUT2D eigenvalue weighted by atomic mass is 9.49. The van der Waals surface area contributed by atoms with Gasteiger partial charge < -0.3 is 40.7 Å². The van der Waals surface area contributed by atoms with Gasteiger partial charge in [-0.3, -0.25) is 19.2 Å². The molecule has 0 bridgehead atoms. The van der Waals surface area contributed by atoms with Crippen LogP contribution >= 0.6 is 11.3 Å². The Bertz CT molecular complexity index is 2560. The summed E-state index contributed by atoms with van der Waals surface area (Å²) in [5.41, 5.74) is 1.95. The Balaban J connectivity index is 0.893. The number of nitriles is 1. The second kappa shape index (κ2) is 22.1. The fraction of sp³-hybridized carbons (Fsp3) is 0.519. The molecule has 382 valence electrons. The lowest BCUT2D eigenvalue weighted by Gasteiger charge is -2.62. The number of halogens is 3. The minimum absolute atomic E-state index is 0.0345. The van der Waals surface area contributed by atoms with Gasteiger partial charge in [0.05, 0.1) is 33.8 Å². The minimum Gasteiger partial charge on any atom is -0.473 e. The molecule has 5 N–H and O–H groups in total. The first-order chi connectivity index (χ1) is 33.3. The number of benzene rings is 2. The average Bonchev–Trinajstić information content (AvgIpc) is 3.94. The Kier molecular flexibility index (Phi) is 16.9. The zero-order valence-electron chi connectivity index (χ0n) is 41.7. The smallest absolute Gasteiger partial charge is 0.434 e. The van der Waals surface area contributed by atoms with E-state index in [4.69, 9.17) is 14.7 Å². The molecule has 1 unspecified atom stereocenters. The number of carbonyl (C=O) groups excluding carboxylic acids is 4. The molecular weight excluding hydrogens is 938 g/mol. The number of rotatable bonds is 19. The second-order valence-corrected chi connectivity index (χ2v) is 21.6. The van der Waals surface area contributed by atoms with Crippen molar-refractivity contribution in [2.75, 3.05) is 31.6 Å². The lowest BCUT2D eigenvalue weighted by molar-refractivity contribution is -0.167. The molecule has 4 aromatic rings. The number of nitrogens with one attached hydrogen (secondary N) is 4. The Hall–Kier alpha value is -6.10. The Labute approximate surface area is 417 Å². The van der Waals surface area contributed by atoms with Crippen molar-refractivity contribution in [1.82, 2.24) is 30.8 Å². The average molecular weight is 1000 g/mol. The first kappa shape index (κ1) is 54.2. The summed E-state index contributed by atoms with van der Waals surface area (Å²) in [4.78, 5) is 64.5. The normalized spacial score (nSPS) is 20.2. The standard InChI is InChI=1S/C52H65F3N8O7S/c1-30(32-13-15-33(16-14-32)41-31(2)58-29-71-41)59-45(67)38-25-37(64)27-63(38)46(68)43(49(3,4)5)60-39(65)28-69-24-12-10-11-23-57-36-20-17-34(18-21-36)44(66)62-47-50(6,7)48(51(47,8)9)70-40-22-19-35(26-56)42(61-40)52(53,54)55/h13-22,29-30,37-38,43,47-48,57,64H,10-12,23-25,27-28H2,1-9H3,(H,59,67)(H,60,65)(H,62,66)/t30-,37+,38-,43?,47?,48?/m0/s1. The van der Waals surface area contributed by atoms with Crippen LogP contribution in [0.2, 0.25) is 0 Å². The Morgan fingerprint density at radius 2 is 1.63 bits per heavy atom. The van der Waals surface area contributed by atoms with Crippen LogP contribution < -0.4 is 26.0 Å². The fourth-order valence-electron chi connectivity index (χ4n) is 9.81. The summed E-state index contributed by atoms with van der Waals surface area (Å²) < 4.78 is 52.3. The third kappa shape index (κ3) is 12.9. The molecule has 1 aliphatic carbocycles. The maximum absolute atomic E-state index is 14.1. The highest BCUT2D eigenvalue weighted by molar-refractivity contribution is 7.13. The van der Waals surface area contributed by atoms with Crippen molar-refractivity contribution in [2.45, 2.75) is 131 Å². The highest BCUT2D eigenvalue weighted by Gasteiger charge is 2.64. The summed E-state index contributed by atoms with van der Waals surface area (Å²) in [6.07, 6.45) is -3.94. The molecule has 2 aromatic carbocycles. The number of hydrogen-bond acceptors (Lipinski definition) is 12. The SMILES string of the molecule is Cc1ncsc1-c1ccc([C@H](C)NC(=O)[C@@H]2C[C@@H](O)CN2C(=O)C(NC(=O)COCCCCCNc2ccc(C(=O)NC3C(C)(C)C(Oc4ccc(C#N)c(C(F)(F)F)n4)C3(C)C)cc2)C(C)(C)C)cc1. The van der Waals surface area contributed by atoms with Gasteiger partial charge >= 0.3 is 6.18 Å². The number of nitrogens with zero attached hydrogens (tertiary/aromatic N) is 4. The van der Waals surface area contributed by atoms with E-state index in [9.17, 15) is 37.5 Å². The van der Waals surface area contributed by atoms with Crippen molar-refractivity contribution in [1.29, 1.82) is 5.26 Å². The van der Waals surface area contributed by atoms with Gasteiger partial charge in [0.15, 0.2) is 5.69 Å². The summed E-state index contributed by atoms with van der Waals surface area (Å²) in [5, 5.41) is 32.0. The topological polar surface area (TPSA) is 208 Å². The molecule has 1 saturated carbocycles. The number of thiazole rings is 1. The van der Waals surface area contributed by atoms with Crippen molar-refractivity contribution in [3.05, 3.63) is 94.3 Å². The number of unbranched alkanes of at least 4 members (excludes halogenated alkanes) is 2. The predicted octanol–water partition coefficient (Wildman–Crippen LogP) is 7.98. The van der Waals surface area contributed by atoms with Crippen LogP contribution in [-0.4, -0.2) is 100 Å². The summed E-state index contributed by atoms with van der Waals surface area (Å²) in [6.45, 7) is 17.4.